The number of carbonyl (C=O) groups excluding carboxylic acids is 2. The summed E-state index contributed by atoms with van der Waals surface area (Å²) in [6.07, 6.45) is 0. The van der Waals surface area contributed by atoms with Gasteiger partial charge in [0.25, 0.3) is 5.91 Å². The number of halogens is 1. The topological polar surface area (TPSA) is 83.2 Å². The molecule has 1 aromatic heterocycles. The van der Waals surface area contributed by atoms with E-state index in [4.69, 9.17) is 9.15 Å². The molecule has 170 valence electrons. The predicted octanol–water partition coefficient (Wildman–Crippen LogP) is 3.95. The number of hydrogen-bond acceptors (Lipinski definition) is 6. The molecular weight excluding hydrogens is 535 g/mol. The number of ketones is 1. The molecule has 7 nitrogen and oxygen atoms in total. The zero-order valence-corrected chi connectivity index (χ0v) is 20.0. The highest BCUT2D eigenvalue weighted by atomic mass is 127. The lowest BCUT2D eigenvalue weighted by Gasteiger charge is -2.31. The fourth-order valence-corrected chi connectivity index (χ4v) is 4.77. The molecule has 1 amide bonds. The zero-order valence-electron chi connectivity index (χ0n) is 17.9. The first kappa shape index (κ1) is 22.1. The minimum atomic E-state index is -0.684. The van der Waals surface area contributed by atoms with Crippen LogP contribution in [0, 0.1) is 3.57 Å². The van der Waals surface area contributed by atoms with E-state index in [1.165, 1.54) is 0 Å². The molecule has 3 aromatic rings. The molecule has 1 atom stereocenters. The predicted molar refractivity (Wildman–Crippen MR) is 131 cm³/mol. The summed E-state index contributed by atoms with van der Waals surface area (Å²) in [5.74, 6) is -1.41. The number of benzene rings is 2. The van der Waals surface area contributed by atoms with Gasteiger partial charge in [-0.05, 0) is 52.4 Å². The Morgan fingerprint density at radius 1 is 1.06 bits per heavy atom. The summed E-state index contributed by atoms with van der Waals surface area (Å²) in [7, 11) is 0. The molecule has 5 rings (SSSR count). The number of ether oxygens (including phenoxy) is 1. The Labute approximate surface area is 204 Å². The Hall–Kier alpha value is -2.69. The minimum Gasteiger partial charge on any atom is -0.503 e. The van der Waals surface area contributed by atoms with E-state index >= 15 is 0 Å². The van der Waals surface area contributed by atoms with Crippen LogP contribution in [0.2, 0.25) is 0 Å². The monoisotopic (exact) mass is 558 g/mol. The quantitative estimate of drug-likeness (QED) is 0.365. The van der Waals surface area contributed by atoms with Gasteiger partial charge in [0.15, 0.2) is 11.5 Å². The van der Waals surface area contributed by atoms with Gasteiger partial charge in [0.1, 0.15) is 5.58 Å². The van der Waals surface area contributed by atoms with Crippen LogP contribution >= 0.6 is 22.6 Å². The Kier molecular flexibility index (Phi) is 6.22. The first-order valence-corrected chi connectivity index (χ1v) is 11.9. The number of fused-ring (bicyclic) bond motifs is 1. The SMILES string of the molecule is O=C(C1=C(O)C(=O)N(CCN2CCOCC2)C1c1ccc(I)cc1)c1cc2ccccc2o1. The van der Waals surface area contributed by atoms with E-state index in [2.05, 4.69) is 27.5 Å². The average Bonchev–Trinajstić information content (AvgIpc) is 3.38. The number of hydrogen-bond donors (Lipinski definition) is 1. The molecule has 0 bridgehead atoms. The van der Waals surface area contributed by atoms with Crippen molar-refractivity contribution in [2.24, 2.45) is 0 Å². The summed E-state index contributed by atoms with van der Waals surface area (Å²) >= 11 is 2.21. The molecule has 33 heavy (non-hydrogen) atoms. The lowest BCUT2D eigenvalue weighted by Crippen LogP contribution is -2.43. The van der Waals surface area contributed by atoms with Crippen molar-refractivity contribution in [1.29, 1.82) is 0 Å². The number of amides is 1. The molecule has 0 radical (unpaired) electrons. The lowest BCUT2D eigenvalue weighted by atomic mass is 9.95. The number of nitrogens with zero attached hydrogens (tertiary/aromatic N) is 2. The Morgan fingerprint density at radius 3 is 2.52 bits per heavy atom. The number of aliphatic hydroxyl groups excluding tert-OH is 1. The number of aliphatic hydroxyl groups is 1. The van der Waals surface area contributed by atoms with Gasteiger partial charge in [-0.25, -0.2) is 0 Å². The summed E-state index contributed by atoms with van der Waals surface area (Å²) in [4.78, 5) is 30.5. The maximum atomic E-state index is 13.6. The number of rotatable bonds is 6. The molecule has 1 saturated heterocycles. The van der Waals surface area contributed by atoms with Gasteiger partial charge in [-0.15, -0.1) is 0 Å². The van der Waals surface area contributed by atoms with Crippen LogP contribution in [-0.2, 0) is 9.53 Å². The molecule has 1 fully saturated rings. The first-order chi connectivity index (χ1) is 16.0. The summed E-state index contributed by atoms with van der Waals surface area (Å²) < 4.78 is 12.2. The third-order valence-corrected chi connectivity index (χ3v) is 6.86. The van der Waals surface area contributed by atoms with E-state index in [1.54, 1.807) is 17.0 Å². The molecule has 2 aliphatic rings. The highest BCUT2D eigenvalue weighted by Gasteiger charge is 2.44. The van der Waals surface area contributed by atoms with Gasteiger partial charge in [0.05, 0.1) is 24.8 Å². The third-order valence-electron chi connectivity index (χ3n) is 6.14. The van der Waals surface area contributed by atoms with Crippen molar-refractivity contribution in [3.8, 4) is 0 Å². The summed E-state index contributed by atoms with van der Waals surface area (Å²) in [5.41, 5.74) is 1.41. The Morgan fingerprint density at radius 2 is 1.79 bits per heavy atom. The lowest BCUT2D eigenvalue weighted by molar-refractivity contribution is -0.129. The fraction of sp³-hybridized carbons (Fsp3) is 0.280. The Bertz CT molecular complexity index is 1190. The number of furan rings is 1. The van der Waals surface area contributed by atoms with Crippen molar-refractivity contribution >= 4 is 45.3 Å². The van der Waals surface area contributed by atoms with Crippen LogP contribution in [0.25, 0.3) is 11.0 Å². The highest BCUT2D eigenvalue weighted by molar-refractivity contribution is 14.1. The van der Waals surface area contributed by atoms with Gasteiger partial charge in [-0.1, -0.05) is 30.3 Å². The van der Waals surface area contributed by atoms with E-state index in [-0.39, 0.29) is 11.3 Å². The average molecular weight is 558 g/mol. The maximum Gasteiger partial charge on any atom is 0.290 e. The summed E-state index contributed by atoms with van der Waals surface area (Å²) in [5, 5.41) is 11.6. The van der Waals surface area contributed by atoms with Crippen molar-refractivity contribution in [1.82, 2.24) is 9.80 Å². The van der Waals surface area contributed by atoms with Crippen LogP contribution < -0.4 is 0 Å². The third kappa shape index (κ3) is 4.30. The number of carbonyl (C=O) groups is 2. The largest absolute Gasteiger partial charge is 0.503 e. The van der Waals surface area contributed by atoms with Gasteiger partial charge in [0, 0.05) is 35.1 Å². The second-order valence-corrected chi connectivity index (χ2v) is 9.39. The first-order valence-electron chi connectivity index (χ1n) is 10.9. The van der Waals surface area contributed by atoms with Crippen molar-refractivity contribution in [3.05, 3.63) is 80.8 Å². The zero-order chi connectivity index (χ0) is 22.9. The van der Waals surface area contributed by atoms with Gasteiger partial charge in [0.2, 0.25) is 5.78 Å². The van der Waals surface area contributed by atoms with Crippen LogP contribution in [0.1, 0.15) is 22.2 Å². The summed E-state index contributed by atoms with van der Waals surface area (Å²) in [6, 6.07) is 16.0. The van der Waals surface area contributed by atoms with Gasteiger partial charge in [-0.2, -0.15) is 0 Å². The fourth-order valence-electron chi connectivity index (χ4n) is 4.41. The van der Waals surface area contributed by atoms with Crippen molar-refractivity contribution in [2.45, 2.75) is 6.04 Å². The van der Waals surface area contributed by atoms with Gasteiger partial charge >= 0.3 is 0 Å². The second-order valence-electron chi connectivity index (χ2n) is 8.15. The minimum absolute atomic E-state index is 0.0576. The molecule has 1 N–H and O–H groups in total. The van der Waals surface area contributed by atoms with E-state index in [1.807, 2.05) is 42.5 Å². The van der Waals surface area contributed by atoms with Gasteiger partial charge < -0.3 is 19.2 Å². The molecule has 2 aromatic carbocycles. The molecular formula is C25H23IN2O5. The molecule has 8 heteroatoms. The number of Topliss-reactive ketones (excluding diaryl/α,β-unsaturated/α-hetero) is 1. The van der Waals surface area contributed by atoms with Crippen LogP contribution in [0.3, 0.4) is 0 Å². The summed E-state index contributed by atoms with van der Waals surface area (Å²) in [6.45, 7) is 3.92. The number of para-hydroxylation sites is 1. The van der Waals surface area contributed by atoms with E-state index in [0.29, 0.717) is 31.9 Å². The van der Waals surface area contributed by atoms with Crippen molar-refractivity contribution in [3.63, 3.8) is 0 Å². The van der Waals surface area contributed by atoms with Crippen molar-refractivity contribution in [2.75, 3.05) is 39.4 Å². The maximum absolute atomic E-state index is 13.6. The van der Waals surface area contributed by atoms with E-state index in [0.717, 1.165) is 27.6 Å². The van der Waals surface area contributed by atoms with Crippen LogP contribution in [0.4, 0.5) is 0 Å². The Balaban J connectivity index is 1.50. The standard InChI is InChI=1S/C25H23IN2O5/c26-18-7-5-16(6-8-18)22-21(23(29)20-15-17-3-1-2-4-19(17)33-20)24(30)25(31)28(22)10-9-27-11-13-32-14-12-27/h1-8,15,22,30H,9-14H2. The normalized spacial score (nSPS) is 19.6. The van der Waals surface area contributed by atoms with Crippen LogP contribution in [0.15, 0.2) is 70.3 Å². The molecule has 0 saturated carbocycles. The van der Waals surface area contributed by atoms with Gasteiger partial charge in [-0.3, -0.25) is 14.5 Å². The van der Waals surface area contributed by atoms with E-state index < -0.39 is 23.5 Å². The van der Waals surface area contributed by atoms with Crippen LogP contribution in [0.5, 0.6) is 0 Å². The molecule has 0 spiro atoms. The second kappa shape index (κ2) is 9.28. The smallest absolute Gasteiger partial charge is 0.290 e. The van der Waals surface area contributed by atoms with Crippen molar-refractivity contribution < 1.29 is 23.8 Å². The van der Waals surface area contributed by atoms with E-state index in [9.17, 15) is 14.7 Å². The number of morpholine rings is 1. The molecule has 1 unspecified atom stereocenters. The molecule has 0 aliphatic carbocycles. The molecule has 2 aliphatic heterocycles. The highest BCUT2D eigenvalue weighted by Crippen LogP contribution is 2.39. The molecule has 3 heterocycles. The van der Waals surface area contributed by atoms with Crippen LogP contribution in [-0.4, -0.2) is 66.0 Å².